The average molecular weight is 330 g/mol. The van der Waals surface area contributed by atoms with Crippen molar-refractivity contribution in [3.8, 4) is 5.75 Å². The van der Waals surface area contributed by atoms with Gasteiger partial charge in [0.15, 0.2) is 5.05 Å². The molecule has 0 amide bonds. The first-order chi connectivity index (χ1) is 10.2. The summed E-state index contributed by atoms with van der Waals surface area (Å²) >= 11 is 5.61. The van der Waals surface area contributed by atoms with Crippen molar-refractivity contribution in [2.75, 3.05) is 0 Å². The van der Waals surface area contributed by atoms with Crippen LogP contribution < -0.4 is 10.0 Å². The molecule has 0 fully saturated rings. The zero-order valence-corrected chi connectivity index (χ0v) is 16.1. The zero-order chi connectivity index (χ0) is 16.6. The molecule has 0 N–H and O–H groups in total. The molecule has 3 heteroatoms. The highest BCUT2D eigenvalue weighted by Crippen LogP contribution is 2.26. The second-order valence-electron chi connectivity index (χ2n) is 6.00. The average Bonchev–Trinajstić information content (AvgIpc) is 2.42. The van der Waals surface area contributed by atoms with Crippen LogP contribution in [-0.2, 0) is 0 Å². The molecule has 0 radical (unpaired) electrons. The summed E-state index contributed by atoms with van der Waals surface area (Å²) in [4.78, 5) is 0. The van der Waals surface area contributed by atoms with E-state index in [2.05, 4.69) is 69.0 Å². The Morgan fingerprint density at radius 1 is 0.864 bits per heavy atom. The first-order valence-electron chi connectivity index (χ1n) is 7.38. The smallest absolute Gasteiger partial charge is 0.198 e. The van der Waals surface area contributed by atoms with Gasteiger partial charge in [0.25, 0.3) is 0 Å². The molecule has 22 heavy (non-hydrogen) atoms. The van der Waals surface area contributed by atoms with Gasteiger partial charge in [-0.15, -0.1) is 9.24 Å². The number of benzene rings is 2. The van der Waals surface area contributed by atoms with Crippen LogP contribution in [-0.4, -0.2) is 5.05 Å². The van der Waals surface area contributed by atoms with Crippen molar-refractivity contribution in [1.82, 2.24) is 0 Å². The second-order valence-corrected chi connectivity index (χ2v) is 6.99. The Balaban J connectivity index is 2.47. The maximum atomic E-state index is 6.09. The van der Waals surface area contributed by atoms with Gasteiger partial charge >= 0.3 is 0 Å². The molecule has 0 spiro atoms. The molecule has 1 unspecified atom stereocenters. The number of aryl methyl sites for hydroxylation is 3. The Kier molecular flexibility index (Phi) is 5.04. The highest BCUT2D eigenvalue weighted by Gasteiger charge is 2.16. The third-order valence-corrected chi connectivity index (χ3v) is 5.20. The molecule has 0 heterocycles. The van der Waals surface area contributed by atoms with Crippen molar-refractivity contribution >= 4 is 31.8 Å². The van der Waals surface area contributed by atoms with Crippen molar-refractivity contribution in [2.24, 2.45) is 0 Å². The van der Waals surface area contributed by atoms with E-state index in [1.807, 2.05) is 0 Å². The molecule has 0 saturated carbocycles. The Morgan fingerprint density at radius 2 is 1.45 bits per heavy atom. The Labute approximate surface area is 141 Å². The molecule has 116 valence electrons. The normalized spacial score (nSPS) is 10.7. The summed E-state index contributed by atoms with van der Waals surface area (Å²) < 4.78 is 6.09. The van der Waals surface area contributed by atoms with E-state index < -0.39 is 0 Å². The molecule has 0 saturated heterocycles. The fraction of sp³-hybridized carbons (Fsp3) is 0.316. The standard InChI is InChI=1S/C19H23OPS/c1-10-7-11(2)13(4)16(8-10)20-19(22)18-14(5)12(3)9-17(21)15(18)6/h7-9H,21H2,1-6H3. The molecule has 1 atom stereocenters. The maximum Gasteiger partial charge on any atom is 0.198 e. The minimum Gasteiger partial charge on any atom is -0.445 e. The zero-order valence-electron chi connectivity index (χ0n) is 14.1. The summed E-state index contributed by atoms with van der Waals surface area (Å²) in [5.74, 6) is 0.855. The van der Waals surface area contributed by atoms with Gasteiger partial charge in [-0.1, -0.05) is 12.1 Å². The van der Waals surface area contributed by atoms with Crippen molar-refractivity contribution in [3.63, 3.8) is 0 Å². The summed E-state index contributed by atoms with van der Waals surface area (Å²) in [6.07, 6.45) is 0. The Hall–Kier alpha value is -1.24. The third kappa shape index (κ3) is 3.24. The first kappa shape index (κ1) is 17.1. The van der Waals surface area contributed by atoms with Gasteiger partial charge in [0.1, 0.15) is 5.75 Å². The van der Waals surface area contributed by atoms with Gasteiger partial charge in [0.05, 0.1) is 0 Å². The van der Waals surface area contributed by atoms with Gasteiger partial charge in [-0.25, -0.2) is 0 Å². The highest BCUT2D eigenvalue weighted by molar-refractivity contribution is 7.80. The number of thiocarbonyl (C=S) groups is 1. The van der Waals surface area contributed by atoms with Gasteiger partial charge in [0.2, 0.25) is 0 Å². The summed E-state index contributed by atoms with van der Waals surface area (Å²) in [6, 6.07) is 6.38. The van der Waals surface area contributed by atoms with Crippen LogP contribution in [0, 0.1) is 41.5 Å². The van der Waals surface area contributed by atoms with E-state index >= 15 is 0 Å². The lowest BCUT2D eigenvalue weighted by atomic mass is 9.98. The Morgan fingerprint density at radius 3 is 2.09 bits per heavy atom. The summed E-state index contributed by atoms with van der Waals surface area (Å²) in [5, 5.41) is 1.72. The van der Waals surface area contributed by atoms with Gasteiger partial charge in [-0.05, 0) is 98.5 Å². The van der Waals surface area contributed by atoms with E-state index in [0.717, 1.165) is 16.9 Å². The van der Waals surface area contributed by atoms with Crippen LogP contribution in [0.25, 0.3) is 0 Å². The quantitative estimate of drug-likeness (QED) is 0.578. The van der Waals surface area contributed by atoms with Crippen LogP contribution in [0.15, 0.2) is 18.2 Å². The topological polar surface area (TPSA) is 9.23 Å². The van der Waals surface area contributed by atoms with Gasteiger partial charge in [-0.2, -0.15) is 0 Å². The number of ether oxygens (including phenoxy) is 1. The molecule has 0 aliphatic heterocycles. The van der Waals surface area contributed by atoms with E-state index in [1.54, 1.807) is 0 Å². The number of hydrogen-bond donors (Lipinski definition) is 0. The molecule has 0 aromatic heterocycles. The maximum absolute atomic E-state index is 6.09. The van der Waals surface area contributed by atoms with E-state index in [9.17, 15) is 0 Å². The molecule has 2 aromatic rings. The van der Waals surface area contributed by atoms with E-state index in [-0.39, 0.29) is 0 Å². The van der Waals surface area contributed by atoms with Gasteiger partial charge < -0.3 is 4.74 Å². The highest BCUT2D eigenvalue weighted by atomic mass is 32.1. The third-order valence-electron chi connectivity index (χ3n) is 4.32. The monoisotopic (exact) mass is 330 g/mol. The first-order valence-corrected chi connectivity index (χ1v) is 8.37. The van der Waals surface area contributed by atoms with Crippen LogP contribution >= 0.6 is 21.5 Å². The van der Waals surface area contributed by atoms with Gasteiger partial charge in [-0.3, -0.25) is 0 Å². The predicted molar refractivity (Wildman–Crippen MR) is 103 cm³/mol. The van der Waals surface area contributed by atoms with Crippen LogP contribution in [0.1, 0.15) is 38.9 Å². The lowest BCUT2D eigenvalue weighted by Crippen LogP contribution is -2.16. The largest absolute Gasteiger partial charge is 0.445 e. The minimum absolute atomic E-state index is 0.551. The van der Waals surface area contributed by atoms with Crippen molar-refractivity contribution in [1.29, 1.82) is 0 Å². The molecule has 1 nitrogen and oxygen atoms in total. The fourth-order valence-electron chi connectivity index (χ4n) is 2.64. The SMILES string of the molecule is Cc1cc(C)c(C)c(OC(=S)c2c(C)c(C)cc(P)c2C)c1. The summed E-state index contributed by atoms with van der Waals surface area (Å²) in [5.41, 5.74) is 8.18. The second kappa shape index (κ2) is 6.48. The molecule has 0 bridgehead atoms. The molecule has 2 aromatic carbocycles. The molecule has 0 aliphatic rings. The lowest BCUT2D eigenvalue weighted by molar-refractivity contribution is 0.559. The minimum atomic E-state index is 0.551. The number of rotatable bonds is 2. The van der Waals surface area contributed by atoms with Crippen LogP contribution in [0.2, 0.25) is 0 Å². The summed E-state index contributed by atoms with van der Waals surface area (Å²) in [7, 11) is 2.78. The molecule has 0 aliphatic carbocycles. The molecular formula is C19H23OPS. The van der Waals surface area contributed by atoms with E-state index in [1.165, 1.54) is 33.1 Å². The van der Waals surface area contributed by atoms with Gasteiger partial charge in [0, 0.05) is 5.56 Å². The number of hydrogen-bond acceptors (Lipinski definition) is 2. The Bertz CT molecular complexity index is 737. The predicted octanol–water partition coefficient (Wildman–Crippen LogP) is 4.79. The van der Waals surface area contributed by atoms with Crippen molar-refractivity contribution < 1.29 is 4.74 Å². The van der Waals surface area contributed by atoms with E-state index in [0.29, 0.717) is 5.05 Å². The molecule has 2 rings (SSSR count). The van der Waals surface area contributed by atoms with Crippen molar-refractivity contribution in [2.45, 2.75) is 41.5 Å². The van der Waals surface area contributed by atoms with Crippen LogP contribution in [0.3, 0.4) is 0 Å². The summed E-state index contributed by atoms with van der Waals surface area (Å²) in [6.45, 7) is 12.6. The van der Waals surface area contributed by atoms with Crippen LogP contribution in [0.4, 0.5) is 0 Å². The lowest BCUT2D eigenvalue weighted by Gasteiger charge is -2.18. The fourth-order valence-corrected chi connectivity index (χ4v) is 3.43. The van der Waals surface area contributed by atoms with Crippen LogP contribution in [0.5, 0.6) is 5.75 Å². The van der Waals surface area contributed by atoms with Crippen molar-refractivity contribution in [3.05, 3.63) is 57.1 Å². The van der Waals surface area contributed by atoms with E-state index in [4.69, 9.17) is 17.0 Å². The molecular weight excluding hydrogens is 307 g/mol.